The number of fused-ring (bicyclic) bond motifs is 1. The van der Waals surface area contributed by atoms with Gasteiger partial charge in [0.05, 0.1) is 19.4 Å². The summed E-state index contributed by atoms with van der Waals surface area (Å²) in [5, 5.41) is 9.43. The van der Waals surface area contributed by atoms with Crippen LogP contribution in [0.1, 0.15) is 30.4 Å². The molecular formula is C11H15ClN2O3. The van der Waals surface area contributed by atoms with E-state index in [1.807, 2.05) is 4.57 Å². The van der Waals surface area contributed by atoms with Gasteiger partial charge < -0.3 is 14.4 Å². The molecule has 0 saturated heterocycles. The van der Waals surface area contributed by atoms with Crippen molar-refractivity contribution >= 4 is 17.6 Å². The quantitative estimate of drug-likeness (QED) is 0.826. The molecule has 0 bridgehead atoms. The van der Waals surface area contributed by atoms with Crippen LogP contribution in [0.25, 0.3) is 0 Å². The van der Waals surface area contributed by atoms with Gasteiger partial charge in [-0.25, -0.2) is 9.78 Å². The van der Waals surface area contributed by atoms with E-state index in [9.17, 15) is 4.79 Å². The maximum absolute atomic E-state index is 11.7. The van der Waals surface area contributed by atoms with Crippen molar-refractivity contribution in [3.05, 3.63) is 16.7 Å². The maximum Gasteiger partial charge on any atom is 0.328 e. The zero-order valence-corrected chi connectivity index (χ0v) is 10.4. The molecule has 1 aromatic heterocycles. The number of rotatable bonds is 3. The normalized spacial score (nSPS) is 18.9. The molecule has 2 heterocycles. The second kappa shape index (κ2) is 5.06. The number of imidazole rings is 1. The van der Waals surface area contributed by atoms with Crippen molar-refractivity contribution < 1.29 is 14.6 Å². The fourth-order valence-corrected chi connectivity index (χ4v) is 2.59. The van der Waals surface area contributed by atoms with Crippen LogP contribution in [0.2, 0.25) is 5.15 Å². The molecule has 1 unspecified atom stereocenters. The highest BCUT2D eigenvalue weighted by atomic mass is 35.5. The number of hydrogen-bond donors (Lipinski definition) is 1. The lowest BCUT2D eigenvalue weighted by molar-refractivity contribution is -0.145. The Balaban J connectivity index is 2.43. The minimum atomic E-state index is -0.356. The molecular weight excluding hydrogens is 244 g/mol. The monoisotopic (exact) mass is 258 g/mol. The van der Waals surface area contributed by atoms with Crippen molar-refractivity contribution in [3.8, 4) is 0 Å². The number of nitrogens with zero attached hydrogens (tertiary/aromatic N) is 2. The van der Waals surface area contributed by atoms with E-state index >= 15 is 0 Å². The fourth-order valence-electron chi connectivity index (χ4n) is 2.31. The second-order valence-electron chi connectivity index (χ2n) is 4.04. The molecule has 0 aromatic carbocycles. The summed E-state index contributed by atoms with van der Waals surface area (Å²) in [6.07, 6.45) is 2.83. The van der Waals surface area contributed by atoms with Gasteiger partial charge in [0, 0.05) is 6.42 Å². The van der Waals surface area contributed by atoms with Crippen LogP contribution in [0.3, 0.4) is 0 Å². The van der Waals surface area contributed by atoms with Crippen LogP contribution < -0.4 is 0 Å². The van der Waals surface area contributed by atoms with Gasteiger partial charge in [0.15, 0.2) is 5.15 Å². The molecule has 0 radical (unpaired) electrons. The summed E-state index contributed by atoms with van der Waals surface area (Å²) in [4.78, 5) is 15.9. The Hall–Kier alpha value is -1.07. The highest BCUT2D eigenvalue weighted by Gasteiger charge is 2.31. The first-order valence-corrected chi connectivity index (χ1v) is 6.01. The third kappa shape index (κ3) is 2.17. The summed E-state index contributed by atoms with van der Waals surface area (Å²) in [6.45, 7) is -0.0132. The lowest BCUT2D eigenvalue weighted by Gasteiger charge is -2.25. The van der Waals surface area contributed by atoms with Gasteiger partial charge in [0.2, 0.25) is 0 Å². The summed E-state index contributed by atoms with van der Waals surface area (Å²) < 4.78 is 6.62. The van der Waals surface area contributed by atoms with Gasteiger partial charge in [-0.05, 0) is 19.3 Å². The van der Waals surface area contributed by atoms with Gasteiger partial charge in [0.1, 0.15) is 11.9 Å². The predicted molar refractivity (Wildman–Crippen MR) is 62.0 cm³/mol. The van der Waals surface area contributed by atoms with E-state index in [1.54, 1.807) is 0 Å². The van der Waals surface area contributed by atoms with Crippen LogP contribution >= 0.6 is 11.6 Å². The largest absolute Gasteiger partial charge is 0.467 e. The molecule has 5 nitrogen and oxygen atoms in total. The molecule has 1 aliphatic rings. The minimum absolute atomic E-state index is 0.0132. The smallest absolute Gasteiger partial charge is 0.328 e. The summed E-state index contributed by atoms with van der Waals surface area (Å²) >= 11 is 6.05. The molecule has 0 fully saturated rings. The van der Waals surface area contributed by atoms with Crippen LogP contribution in [0.5, 0.6) is 0 Å². The number of aliphatic hydroxyl groups excluding tert-OH is 1. The van der Waals surface area contributed by atoms with Gasteiger partial charge in [-0.3, -0.25) is 0 Å². The highest BCUT2D eigenvalue weighted by Crippen LogP contribution is 2.32. The third-order valence-electron chi connectivity index (χ3n) is 3.05. The standard InChI is InChI=1S/C11H15ClN2O3/c1-17-11(16)8-4-2-3-7-10(12)13-9(5-6-15)14(7)8/h8,15H,2-6H2,1H3. The Labute approximate surface area is 104 Å². The van der Waals surface area contributed by atoms with Gasteiger partial charge in [-0.2, -0.15) is 0 Å². The molecule has 0 amide bonds. The minimum Gasteiger partial charge on any atom is -0.467 e. The topological polar surface area (TPSA) is 64.3 Å². The van der Waals surface area contributed by atoms with Crippen molar-refractivity contribution in [3.63, 3.8) is 0 Å². The molecule has 1 atom stereocenters. The lowest BCUT2D eigenvalue weighted by Crippen LogP contribution is -2.27. The van der Waals surface area contributed by atoms with Gasteiger partial charge in [0.25, 0.3) is 0 Å². The summed E-state index contributed by atoms with van der Waals surface area (Å²) in [6, 6.07) is -0.356. The first-order chi connectivity index (χ1) is 8.19. The van der Waals surface area contributed by atoms with E-state index in [1.165, 1.54) is 7.11 Å². The van der Waals surface area contributed by atoms with Crippen LogP contribution in [0, 0.1) is 0 Å². The summed E-state index contributed by atoms with van der Waals surface area (Å²) in [5.41, 5.74) is 0.872. The predicted octanol–water partition coefficient (Wildman–Crippen LogP) is 1.12. The average molecular weight is 259 g/mol. The Kier molecular flexibility index (Phi) is 3.69. The molecule has 2 rings (SSSR count). The molecule has 0 saturated carbocycles. The zero-order chi connectivity index (χ0) is 12.4. The van der Waals surface area contributed by atoms with Crippen LogP contribution in [-0.2, 0) is 22.4 Å². The number of carbonyl (C=O) groups is 1. The number of esters is 1. The van der Waals surface area contributed by atoms with Crippen LogP contribution in [-0.4, -0.2) is 34.3 Å². The Morgan fingerprint density at radius 3 is 3.12 bits per heavy atom. The van der Waals surface area contributed by atoms with Gasteiger partial charge in [-0.15, -0.1) is 0 Å². The fraction of sp³-hybridized carbons (Fsp3) is 0.636. The zero-order valence-electron chi connectivity index (χ0n) is 9.65. The maximum atomic E-state index is 11.7. The first kappa shape index (κ1) is 12.4. The summed E-state index contributed by atoms with van der Waals surface area (Å²) in [7, 11) is 1.38. The Morgan fingerprint density at radius 1 is 1.71 bits per heavy atom. The first-order valence-electron chi connectivity index (χ1n) is 5.63. The highest BCUT2D eigenvalue weighted by molar-refractivity contribution is 6.30. The van der Waals surface area contributed by atoms with E-state index in [-0.39, 0.29) is 18.6 Å². The summed E-state index contributed by atoms with van der Waals surface area (Å²) in [5.74, 6) is 0.377. The molecule has 1 N–H and O–H groups in total. The van der Waals surface area contributed by atoms with Crippen molar-refractivity contribution in [2.24, 2.45) is 0 Å². The number of halogens is 1. The molecule has 0 spiro atoms. The van der Waals surface area contributed by atoms with Crippen molar-refractivity contribution in [2.45, 2.75) is 31.7 Å². The van der Waals surface area contributed by atoms with Crippen molar-refractivity contribution in [1.82, 2.24) is 9.55 Å². The average Bonchev–Trinajstić information content (AvgIpc) is 2.66. The SMILES string of the molecule is COC(=O)C1CCCc2c(Cl)nc(CCO)n21. The number of ether oxygens (including phenoxy) is 1. The van der Waals surface area contributed by atoms with E-state index in [0.29, 0.717) is 17.4 Å². The molecule has 6 heteroatoms. The van der Waals surface area contributed by atoms with Crippen LogP contribution in [0.4, 0.5) is 0 Å². The van der Waals surface area contributed by atoms with E-state index in [4.69, 9.17) is 21.4 Å². The molecule has 17 heavy (non-hydrogen) atoms. The Bertz CT molecular complexity index is 431. The molecule has 94 valence electrons. The number of hydrogen-bond acceptors (Lipinski definition) is 4. The van der Waals surface area contributed by atoms with E-state index < -0.39 is 0 Å². The van der Waals surface area contributed by atoms with Crippen molar-refractivity contribution in [2.75, 3.05) is 13.7 Å². The van der Waals surface area contributed by atoms with Crippen molar-refractivity contribution in [1.29, 1.82) is 0 Å². The molecule has 1 aliphatic heterocycles. The molecule has 0 aliphatic carbocycles. The van der Waals surface area contributed by atoms with Gasteiger partial charge >= 0.3 is 5.97 Å². The number of aromatic nitrogens is 2. The van der Waals surface area contributed by atoms with Crippen LogP contribution in [0.15, 0.2) is 0 Å². The lowest BCUT2D eigenvalue weighted by atomic mass is 10.0. The Morgan fingerprint density at radius 2 is 2.47 bits per heavy atom. The number of carbonyl (C=O) groups excluding carboxylic acids is 1. The molecule has 1 aromatic rings. The third-order valence-corrected chi connectivity index (χ3v) is 3.35. The van der Waals surface area contributed by atoms with E-state index in [2.05, 4.69) is 4.98 Å². The number of aliphatic hydroxyl groups is 1. The number of methoxy groups -OCH3 is 1. The van der Waals surface area contributed by atoms with E-state index in [0.717, 1.165) is 25.0 Å². The van der Waals surface area contributed by atoms with Gasteiger partial charge in [-0.1, -0.05) is 11.6 Å². The second-order valence-corrected chi connectivity index (χ2v) is 4.40.